The Morgan fingerprint density at radius 1 is 1.10 bits per heavy atom. The van der Waals surface area contributed by atoms with Crippen molar-refractivity contribution in [2.24, 2.45) is 0 Å². The maximum absolute atomic E-state index is 14.9. The highest BCUT2D eigenvalue weighted by atomic mass is 35.5. The van der Waals surface area contributed by atoms with Crippen molar-refractivity contribution in [2.45, 2.75) is 0 Å². The fraction of sp³-hybridized carbons (Fsp3) is 0.250. The highest BCUT2D eigenvalue weighted by Crippen LogP contribution is 2.32. The van der Waals surface area contributed by atoms with E-state index < -0.39 is 18.2 Å². The van der Waals surface area contributed by atoms with Crippen molar-refractivity contribution in [1.82, 2.24) is 29.5 Å². The lowest BCUT2D eigenvalue weighted by Crippen LogP contribution is -2.52. The summed E-state index contributed by atoms with van der Waals surface area (Å²) >= 11 is 6.50. The van der Waals surface area contributed by atoms with E-state index in [1.54, 1.807) is 51.7 Å². The lowest BCUT2D eigenvalue weighted by atomic mass is 10.1. The van der Waals surface area contributed by atoms with E-state index in [1.807, 2.05) is 0 Å². The van der Waals surface area contributed by atoms with Crippen molar-refractivity contribution in [3.05, 3.63) is 71.1 Å². The molecule has 42 heavy (non-hydrogen) atoms. The molecule has 0 bridgehead atoms. The first kappa shape index (κ1) is 28.7. The molecule has 1 fully saturated rings. The molecule has 0 unspecified atom stereocenters. The number of nitrogens with zero attached hydrogens (tertiary/aromatic N) is 6. The molecule has 11 nitrogen and oxygen atoms in total. The zero-order chi connectivity index (χ0) is 29.8. The third-order valence-electron chi connectivity index (χ3n) is 6.75. The molecule has 2 aromatic carbocycles. The lowest BCUT2D eigenvalue weighted by molar-refractivity contribution is -0.131. The van der Waals surface area contributed by atoms with Crippen molar-refractivity contribution >= 4 is 40.6 Å². The van der Waals surface area contributed by atoms with Crippen LogP contribution in [0.5, 0.6) is 5.75 Å². The number of carbonyl (C=O) groups is 2. The largest absolute Gasteiger partial charge is 0.476 e. The summed E-state index contributed by atoms with van der Waals surface area (Å²) in [7, 11) is 1.71. The number of ether oxygens (including phenoxy) is 1. The van der Waals surface area contributed by atoms with Gasteiger partial charge in [-0.05, 0) is 37.4 Å². The van der Waals surface area contributed by atoms with Crippen LogP contribution in [0.4, 0.5) is 20.3 Å². The van der Waals surface area contributed by atoms with Gasteiger partial charge in [0.25, 0.3) is 5.91 Å². The Morgan fingerprint density at radius 3 is 2.57 bits per heavy atom. The highest BCUT2D eigenvalue weighted by Gasteiger charge is 2.26. The first-order valence-corrected chi connectivity index (χ1v) is 13.3. The molecule has 5 rings (SSSR count). The standard InChI is InChI=1S/C28H25ClF2N8O3/c1-33-16-23(40)37-9-11-38(12-10-37)28(41)18-3-2-17(14-20(18)29)36-26-27-35-15-21(39(27)8-7-34-26)19-4-5-22(42-13-6-32)25(31)24(19)30/h2-5,7-8,14-15,33H,9-13,16H2,1H3,(H,34,36). The number of rotatable bonds is 8. The number of piperazine rings is 1. The van der Waals surface area contributed by atoms with E-state index in [-0.39, 0.29) is 40.4 Å². The fourth-order valence-electron chi connectivity index (χ4n) is 4.65. The molecule has 0 atom stereocenters. The number of hydrogen-bond donors (Lipinski definition) is 2. The van der Waals surface area contributed by atoms with E-state index in [9.17, 15) is 18.4 Å². The van der Waals surface area contributed by atoms with Crippen molar-refractivity contribution in [2.75, 3.05) is 51.7 Å². The first-order valence-electron chi connectivity index (χ1n) is 12.9. The Bertz CT molecular complexity index is 1700. The predicted octanol–water partition coefficient (Wildman–Crippen LogP) is 3.48. The SMILES string of the molecule is CNCC(=O)N1CCN(C(=O)c2ccc(Nc3nccn4c(-c5ccc(OCC#N)c(F)c5F)cnc34)cc2Cl)CC1. The molecule has 14 heteroatoms. The summed E-state index contributed by atoms with van der Waals surface area (Å²) in [5, 5.41) is 14.8. The van der Waals surface area contributed by atoms with Crippen LogP contribution in [-0.2, 0) is 4.79 Å². The normalized spacial score (nSPS) is 13.2. The van der Waals surface area contributed by atoms with Crippen LogP contribution in [0.1, 0.15) is 10.4 Å². The molecule has 4 aromatic rings. The van der Waals surface area contributed by atoms with Crippen LogP contribution < -0.4 is 15.4 Å². The van der Waals surface area contributed by atoms with Gasteiger partial charge in [-0.25, -0.2) is 14.4 Å². The quantitative estimate of drug-likeness (QED) is 0.317. The Balaban J connectivity index is 1.33. The fourth-order valence-corrected chi connectivity index (χ4v) is 4.91. The second kappa shape index (κ2) is 12.4. The number of anilines is 2. The minimum absolute atomic E-state index is 0.0110. The summed E-state index contributed by atoms with van der Waals surface area (Å²) in [5.74, 6) is -2.64. The monoisotopic (exact) mass is 594 g/mol. The molecule has 0 saturated carbocycles. The van der Waals surface area contributed by atoms with Gasteiger partial charge in [0.1, 0.15) is 6.07 Å². The summed E-state index contributed by atoms with van der Waals surface area (Å²) in [5.41, 5.74) is 1.40. The van der Waals surface area contributed by atoms with E-state index in [0.29, 0.717) is 48.9 Å². The number of imidazole rings is 1. The van der Waals surface area contributed by atoms with Crippen molar-refractivity contribution in [3.8, 4) is 23.1 Å². The first-order chi connectivity index (χ1) is 20.3. The molecular formula is C28H25ClF2N8O3. The van der Waals surface area contributed by atoms with Crippen molar-refractivity contribution < 1.29 is 23.1 Å². The maximum Gasteiger partial charge on any atom is 0.255 e. The van der Waals surface area contributed by atoms with Gasteiger partial charge in [-0.3, -0.25) is 14.0 Å². The van der Waals surface area contributed by atoms with Gasteiger partial charge in [-0.2, -0.15) is 9.65 Å². The molecule has 1 aliphatic rings. The number of aromatic nitrogens is 3. The molecule has 1 saturated heterocycles. The van der Waals surface area contributed by atoms with Gasteiger partial charge >= 0.3 is 0 Å². The molecule has 0 spiro atoms. The summed E-state index contributed by atoms with van der Waals surface area (Å²) in [6.07, 6.45) is 4.41. The second-order valence-electron chi connectivity index (χ2n) is 9.32. The van der Waals surface area contributed by atoms with Gasteiger partial charge in [0.05, 0.1) is 29.0 Å². The van der Waals surface area contributed by atoms with Gasteiger partial charge < -0.3 is 25.2 Å². The van der Waals surface area contributed by atoms with E-state index in [2.05, 4.69) is 20.6 Å². The van der Waals surface area contributed by atoms with Gasteiger partial charge in [-0.15, -0.1) is 0 Å². The topological polar surface area (TPSA) is 128 Å². The number of nitrogens with one attached hydrogen (secondary N) is 2. The predicted molar refractivity (Wildman–Crippen MR) is 151 cm³/mol. The highest BCUT2D eigenvalue weighted by molar-refractivity contribution is 6.34. The van der Waals surface area contributed by atoms with Gasteiger partial charge in [0, 0.05) is 49.8 Å². The number of likely N-dealkylation sites (N-methyl/N-ethyl adjacent to an activating group) is 1. The number of halogens is 3. The third kappa shape index (κ3) is 5.67. The maximum atomic E-state index is 14.9. The molecule has 2 aromatic heterocycles. The van der Waals surface area contributed by atoms with Gasteiger partial charge in [0.2, 0.25) is 11.7 Å². The molecule has 2 N–H and O–H groups in total. The molecule has 1 aliphatic heterocycles. The van der Waals surface area contributed by atoms with E-state index in [1.165, 1.54) is 24.5 Å². The molecule has 3 heterocycles. The molecule has 216 valence electrons. The zero-order valence-corrected chi connectivity index (χ0v) is 23.2. The van der Waals surface area contributed by atoms with Gasteiger partial charge in [0.15, 0.2) is 29.6 Å². The van der Waals surface area contributed by atoms with Crippen LogP contribution in [0.2, 0.25) is 5.02 Å². The summed E-state index contributed by atoms with van der Waals surface area (Å²) in [6.45, 7) is 1.53. The average molecular weight is 595 g/mol. The van der Waals surface area contributed by atoms with E-state index in [4.69, 9.17) is 21.6 Å². The lowest BCUT2D eigenvalue weighted by Gasteiger charge is -2.35. The minimum atomic E-state index is -1.21. The zero-order valence-electron chi connectivity index (χ0n) is 22.4. The smallest absolute Gasteiger partial charge is 0.255 e. The molecule has 0 aliphatic carbocycles. The molecular weight excluding hydrogens is 570 g/mol. The Labute approximate surface area is 244 Å². The number of nitriles is 1. The number of hydrogen-bond acceptors (Lipinski definition) is 8. The third-order valence-corrected chi connectivity index (χ3v) is 7.07. The van der Waals surface area contributed by atoms with Gasteiger partial charge in [-0.1, -0.05) is 11.6 Å². The van der Waals surface area contributed by atoms with Crippen LogP contribution in [0, 0.1) is 23.0 Å². The average Bonchev–Trinajstić information content (AvgIpc) is 3.43. The molecule has 0 radical (unpaired) electrons. The summed E-state index contributed by atoms with van der Waals surface area (Å²) in [4.78, 5) is 37.3. The number of benzene rings is 2. The number of amides is 2. The number of carbonyl (C=O) groups excluding carboxylic acids is 2. The Kier molecular flexibility index (Phi) is 8.46. The Morgan fingerprint density at radius 2 is 1.86 bits per heavy atom. The van der Waals surface area contributed by atoms with Crippen LogP contribution in [0.3, 0.4) is 0 Å². The summed E-state index contributed by atoms with van der Waals surface area (Å²) in [6, 6.07) is 9.18. The van der Waals surface area contributed by atoms with Crippen LogP contribution in [0.25, 0.3) is 16.9 Å². The van der Waals surface area contributed by atoms with Crippen molar-refractivity contribution in [3.63, 3.8) is 0 Å². The van der Waals surface area contributed by atoms with Crippen LogP contribution >= 0.6 is 11.6 Å². The molecule has 2 amide bonds. The van der Waals surface area contributed by atoms with Crippen LogP contribution in [0.15, 0.2) is 48.9 Å². The second-order valence-corrected chi connectivity index (χ2v) is 9.73. The minimum Gasteiger partial charge on any atom is -0.476 e. The van der Waals surface area contributed by atoms with E-state index >= 15 is 0 Å². The number of fused-ring (bicyclic) bond motifs is 1. The van der Waals surface area contributed by atoms with Crippen LogP contribution in [-0.4, -0.2) is 82.4 Å². The van der Waals surface area contributed by atoms with E-state index in [0.717, 1.165) is 0 Å². The van der Waals surface area contributed by atoms with Crippen molar-refractivity contribution in [1.29, 1.82) is 5.26 Å². The Hall–Kier alpha value is -4.80. The summed E-state index contributed by atoms with van der Waals surface area (Å²) < 4.78 is 35.9.